The second-order valence-electron chi connectivity index (χ2n) is 6.45. The number of carbonyl (C=O) groups excluding carboxylic acids is 1. The molecule has 2 N–H and O–H groups in total. The number of benzene rings is 2. The molecule has 5 nitrogen and oxygen atoms in total. The average Bonchev–Trinajstić information content (AvgIpc) is 2.66. The molecule has 1 aliphatic heterocycles. The molecule has 0 saturated heterocycles. The Labute approximate surface area is 147 Å². The zero-order valence-corrected chi connectivity index (χ0v) is 14.1. The second kappa shape index (κ2) is 7.05. The van der Waals surface area contributed by atoms with Crippen LogP contribution in [0.25, 0.3) is 0 Å². The van der Waals surface area contributed by atoms with Crippen LogP contribution in [-0.4, -0.2) is 19.2 Å². The van der Waals surface area contributed by atoms with Gasteiger partial charge in [0.25, 0.3) is 0 Å². The maximum atomic E-state index is 12.3. The Morgan fingerprint density at radius 2 is 1.84 bits per heavy atom. The van der Waals surface area contributed by atoms with E-state index >= 15 is 0 Å². The Morgan fingerprint density at radius 3 is 2.64 bits per heavy atom. The predicted molar refractivity (Wildman–Crippen MR) is 94.9 cm³/mol. The quantitative estimate of drug-likeness (QED) is 0.902. The van der Waals surface area contributed by atoms with Crippen molar-refractivity contribution < 1.29 is 14.3 Å². The van der Waals surface area contributed by atoms with Crippen LogP contribution >= 0.6 is 0 Å². The molecule has 0 saturated carbocycles. The maximum absolute atomic E-state index is 12.3. The smallest absolute Gasteiger partial charge is 0.315 e. The molecule has 4 rings (SSSR count). The lowest BCUT2D eigenvalue weighted by molar-refractivity contribution is 0.171. The summed E-state index contributed by atoms with van der Waals surface area (Å²) in [6.45, 7) is 1.68. The molecule has 0 aromatic heterocycles. The van der Waals surface area contributed by atoms with Crippen molar-refractivity contribution in [3.63, 3.8) is 0 Å². The highest BCUT2D eigenvalue weighted by atomic mass is 16.6. The van der Waals surface area contributed by atoms with Crippen molar-refractivity contribution in [2.24, 2.45) is 0 Å². The van der Waals surface area contributed by atoms with Crippen LogP contribution in [0, 0.1) is 0 Å². The van der Waals surface area contributed by atoms with Gasteiger partial charge in [0, 0.05) is 6.54 Å². The van der Waals surface area contributed by atoms with Crippen LogP contribution in [0.4, 0.5) is 4.79 Å². The summed E-state index contributed by atoms with van der Waals surface area (Å²) in [6.07, 6.45) is 3.00. The fourth-order valence-corrected chi connectivity index (χ4v) is 3.48. The lowest BCUT2D eigenvalue weighted by atomic mass is 9.87. The van der Waals surface area contributed by atoms with Crippen molar-refractivity contribution in [3.8, 4) is 11.5 Å². The van der Waals surface area contributed by atoms with Gasteiger partial charge in [-0.15, -0.1) is 0 Å². The van der Waals surface area contributed by atoms with E-state index in [1.165, 1.54) is 5.56 Å². The Morgan fingerprint density at radius 1 is 1.08 bits per heavy atom. The number of nitrogens with one attached hydrogen (secondary N) is 2. The molecule has 2 aliphatic rings. The average molecular weight is 338 g/mol. The van der Waals surface area contributed by atoms with E-state index in [0.717, 1.165) is 41.9 Å². The van der Waals surface area contributed by atoms with Gasteiger partial charge in [0.15, 0.2) is 11.5 Å². The molecule has 1 atom stereocenters. The van der Waals surface area contributed by atoms with Crippen molar-refractivity contribution >= 4 is 6.03 Å². The van der Waals surface area contributed by atoms with Gasteiger partial charge in [0.1, 0.15) is 13.2 Å². The maximum Gasteiger partial charge on any atom is 0.315 e. The Hall–Kier alpha value is -2.69. The van der Waals surface area contributed by atoms with Crippen LogP contribution in [0.2, 0.25) is 0 Å². The van der Waals surface area contributed by atoms with Crippen molar-refractivity contribution in [2.75, 3.05) is 13.2 Å². The number of urea groups is 1. The molecule has 1 aliphatic carbocycles. The highest BCUT2D eigenvalue weighted by Gasteiger charge is 2.25. The van der Waals surface area contributed by atoms with Crippen LogP contribution in [0.15, 0.2) is 42.5 Å². The lowest BCUT2D eigenvalue weighted by Gasteiger charge is -2.29. The Balaban J connectivity index is 1.44. The van der Waals surface area contributed by atoms with E-state index < -0.39 is 0 Å². The van der Waals surface area contributed by atoms with Crippen LogP contribution in [0.1, 0.15) is 35.6 Å². The first kappa shape index (κ1) is 15.8. The summed E-state index contributed by atoms with van der Waals surface area (Å²) in [5, 5.41) is 6.04. The van der Waals surface area contributed by atoms with Gasteiger partial charge in [-0.1, -0.05) is 30.3 Å². The van der Waals surface area contributed by atoms with Gasteiger partial charge in [0.2, 0.25) is 0 Å². The zero-order valence-electron chi connectivity index (χ0n) is 14.1. The molecule has 1 unspecified atom stereocenters. The number of hydrogen-bond acceptors (Lipinski definition) is 3. The van der Waals surface area contributed by atoms with Gasteiger partial charge in [0.05, 0.1) is 6.04 Å². The van der Waals surface area contributed by atoms with Crippen molar-refractivity contribution in [1.82, 2.24) is 10.6 Å². The molecule has 25 heavy (non-hydrogen) atoms. The monoisotopic (exact) mass is 338 g/mol. The molecular formula is C20H22N2O3. The third kappa shape index (κ3) is 3.55. The number of ether oxygens (including phenoxy) is 2. The van der Waals surface area contributed by atoms with Gasteiger partial charge in [-0.3, -0.25) is 0 Å². The minimum Gasteiger partial charge on any atom is -0.486 e. The molecule has 2 amide bonds. The molecule has 5 heteroatoms. The number of fused-ring (bicyclic) bond motifs is 2. The van der Waals surface area contributed by atoms with Gasteiger partial charge < -0.3 is 20.1 Å². The largest absolute Gasteiger partial charge is 0.486 e. The number of rotatable bonds is 3. The van der Waals surface area contributed by atoms with Crippen molar-refractivity contribution in [3.05, 3.63) is 59.2 Å². The Bertz CT molecular complexity index is 761. The summed E-state index contributed by atoms with van der Waals surface area (Å²) in [5.41, 5.74) is 3.47. The summed E-state index contributed by atoms with van der Waals surface area (Å²) in [7, 11) is 0. The molecule has 2 aromatic rings. The highest BCUT2D eigenvalue weighted by molar-refractivity contribution is 5.74. The molecule has 0 radical (unpaired) electrons. The van der Waals surface area contributed by atoms with Gasteiger partial charge >= 0.3 is 6.03 Å². The standard InChI is InChI=1S/C20H22N2O3/c23-20(21-13-14-5-2-1-3-6-14)22-17-8-4-7-15-11-18-19(12-16(15)17)25-10-9-24-18/h1-3,5-6,11-12,17H,4,7-10,13H2,(H2,21,22,23). The number of hydrogen-bond donors (Lipinski definition) is 2. The first-order valence-electron chi connectivity index (χ1n) is 8.80. The van der Waals surface area contributed by atoms with Crippen LogP contribution in [0.3, 0.4) is 0 Å². The fraction of sp³-hybridized carbons (Fsp3) is 0.350. The summed E-state index contributed by atoms with van der Waals surface area (Å²) in [4.78, 5) is 12.3. The van der Waals surface area contributed by atoms with Gasteiger partial charge in [-0.2, -0.15) is 0 Å². The fourth-order valence-electron chi connectivity index (χ4n) is 3.48. The second-order valence-corrected chi connectivity index (χ2v) is 6.45. The Kier molecular flexibility index (Phi) is 4.46. The molecule has 130 valence electrons. The molecule has 2 aromatic carbocycles. The molecular weight excluding hydrogens is 316 g/mol. The first-order valence-corrected chi connectivity index (χ1v) is 8.80. The third-order valence-corrected chi connectivity index (χ3v) is 4.72. The van der Waals surface area contributed by atoms with Gasteiger partial charge in [-0.25, -0.2) is 4.79 Å². The van der Waals surface area contributed by atoms with E-state index in [1.807, 2.05) is 36.4 Å². The normalized spacial score (nSPS) is 18.2. The summed E-state index contributed by atoms with van der Waals surface area (Å²) < 4.78 is 11.4. The highest BCUT2D eigenvalue weighted by Crippen LogP contribution is 2.39. The SMILES string of the molecule is O=C(NCc1ccccc1)NC1CCCc2cc3c(cc21)OCCO3. The van der Waals surface area contributed by atoms with E-state index in [-0.39, 0.29) is 12.1 Å². The van der Waals surface area contributed by atoms with Gasteiger partial charge in [-0.05, 0) is 48.1 Å². The lowest BCUT2D eigenvalue weighted by Crippen LogP contribution is -2.38. The van der Waals surface area contributed by atoms with Crippen LogP contribution in [0.5, 0.6) is 11.5 Å². The number of carbonyl (C=O) groups is 1. The minimum absolute atomic E-state index is 0.00958. The summed E-state index contributed by atoms with van der Waals surface area (Å²) in [5.74, 6) is 1.60. The van der Waals surface area contributed by atoms with E-state index in [9.17, 15) is 4.79 Å². The summed E-state index contributed by atoms with van der Waals surface area (Å²) >= 11 is 0. The van der Waals surface area contributed by atoms with Crippen LogP contribution in [-0.2, 0) is 13.0 Å². The van der Waals surface area contributed by atoms with Crippen molar-refractivity contribution in [2.45, 2.75) is 31.8 Å². The third-order valence-electron chi connectivity index (χ3n) is 4.72. The molecule has 0 spiro atoms. The zero-order chi connectivity index (χ0) is 17.1. The van der Waals surface area contributed by atoms with Crippen molar-refractivity contribution in [1.29, 1.82) is 0 Å². The minimum atomic E-state index is -0.142. The predicted octanol–water partition coefficient (Wildman–Crippen LogP) is 3.33. The van der Waals surface area contributed by atoms with E-state index in [0.29, 0.717) is 19.8 Å². The van der Waals surface area contributed by atoms with E-state index in [2.05, 4.69) is 16.7 Å². The summed E-state index contributed by atoms with van der Waals surface area (Å²) in [6, 6.07) is 13.9. The molecule has 1 heterocycles. The molecule has 0 bridgehead atoms. The number of aryl methyl sites for hydroxylation is 1. The molecule has 0 fully saturated rings. The number of amides is 2. The first-order chi connectivity index (χ1) is 12.3. The van der Waals surface area contributed by atoms with Crippen LogP contribution < -0.4 is 20.1 Å². The van der Waals surface area contributed by atoms with E-state index in [4.69, 9.17) is 9.47 Å². The topological polar surface area (TPSA) is 59.6 Å². The van der Waals surface area contributed by atoms with E-state index in [1.54, 1.807) is 0 Å².